The van der Waals surface area contributed by atoms with Gasteiger partial charge in [-0.15, -0.1) is 11.3 Å². The van der Waals surface area contributed by atoms with E-state index in [1.54, 1.807) is 11.3 Å². The van der Waals surface area contributed by atoms with Crippen molar-refractivity contribution in [2.24, 2.45) is 0 Å². The number of nitrogens with two attached hydrogens (primary N) is 1. The first kappa shape index (κ1) is 27.9. The van der Waals surface area contributed by atoms with Gasteiger partial charge in [0, 0.05) is 42.9 Å². The molecular formula is C43H32N2S. The van der Waals surface area contributed by atoms with Gasteiger partial charge < -0.3 is 10.6 Å². The molecule has 1 aromatic heterocycles. The van der Waals surface area contributed by atoms with E-state index in [2.05, 4.69) is 163 Å². The molecule has 0 unspecified atom stereocenters. The van der Waals surface area contributed by atoms with E-state index in [1.807, 2.05) is 13.0 Å². The zero-order chi connectivity index (χ0) is 31.0. The van der Waals surface area contributed by atoms with E-state index in [0.29, 0.717) is 0 Å². The Labute approximate surface area is 273 Å². The lowest BCUT2D eigenvalue weighted by Crippen LogP contribution is -2.09. The van der Waals surface area contributed by atoms with Crippen molar-refractivity contribution in [1.82, 2.24) is 0 Å². The fraction of sp³-hybridized carbons (Fsp3) is 0.0233. The highest BCUT2D eigenvalue weighted by atomic mass is 32.1. The first-order valence-corrected chi connectivity index (χ1v) is 16.4. The molecule has 3 heteroatoms. The highest BCUT2D eigenvalue weighted by Gasteiger charge is 2.16. The average Bonchev–Trinajstić information content (AvgIpc) is 3.45. The summed E-state index contributed by atoms with van der Waals surface area (Å²) in [5.74, 6) is 0. The second kappa shape index (κ2) is 11.7. The molecule has 8 rings (SSSR count). The summed E-state index contributed by atoms with van der Waals surface area (Å²) in [6.45, 7) is 2.02. The molecule has 0 aliphatic heterocycles. The highest BCUT2D eigenvalue weighted by Crippen LogP contribution is 2.42. The van der Waals surface area contributed by atoms with Gasteiger partial charge in [0.25, 0.3) is 0 Å². The van der Waals surface area contributed by atoms with Gasteiger partial charge in [-0.3, -0.25) is 0 Å². The van der Waals surface area contributed by atoms with E-state index in [4.69, 9.17) is 5.73 Å². The fourth-order valence-corrected chi connectivity index (χ4v) is 7.53. The molecule has 0 bridgehead atoms. The Morgan fingerprint density at radius 3 is 1.80 bits per heavy atom. The monoisotopic (exact) mass is 608 g/mol. The third-order valence-electron chi connectivity index (χ3n) is 8.71. The zero-order valence-electron chi connectivity index (χ0n) is 25.5. The summed E-state index contributed by atoms with van der Waals surface area (Å²) in [7, 11) is 0. The molecule has 1 heterocycles. The minimum atomic E-state index is 0.809. The van der Waals surface area contributed by atoms with Crippen LogP contribution in [-0.2, 0) is 0 Å². The maximum absolute atomic E-state index is 6.41. The fourth-order valence-electron chi connectivity index (χ4n) is 6.36. The van der Waals surface area contributed by atoms with Crippen LogP contribution in [0.1, 0.15) is 12.5 Å². The van der Waals surface area contributed by atoms with Crippen molar-refractivity contribution >= 4 is 71.1 Å². The molecule has 0 saturated carbocycles. The van der Waals surface area contributed by atoms with Gasteiger partial charge in [-0.2, -0.15) is 0 Å². The third kappa shape index (κ3) is 5.11. The number of nitrogen functional groups attached to an aromatic ring is 1. The maximum atomic E-state index is 6.41. The number of allylic oxidation sites excluding steroid dienone is 1. The number of nitrogens with zero attached hydrogens (tertiary/aromatic N) is 1. The molecule has 7 aromatic carbocycles. The lowest BCUT2D eigenvalue weighted by Gasteiger charge is -2.26. The van der Waals surface area contributed by atoms with E-state index in [0.717, 1.165) is 28.3 Å². The van der Waals surface area contributed by atoms with Crippen LogP contribution in [0.4, 0.5) is 22.7 Å². The molecule has 8 aromatic rings. The molecule has 0 fully saturated rings. The summed E-state index contributed by atoms with van der Waals surface area (Å²) < 4.78 is 2.44. The Morgan fingerprint density at radius 2 is 1.09 bits per heavy atom. The summed E-state index contributed by atoms with van der Waals surface area (Å²) >= 11 is 1.79. The van der Waals surface area contributed by atoms with Crippen LogP contribution in [-0.4, -0.2) is 0 Å². The number of thiophene rings is 1. The lowest BCUT2D eigenvalue weighted by molar-refractivity contribution is 1.29. The van der Waals surface area contributed by atoms with Crippen LogP contribution in [0.15, 0.2) is 158 Å². The first-order chi connectivity index (χ1) is 22.6. The molecular weight excluding hydrogens is 577 g/mol. The molecule has 0 aliphatic carbocycles. The van der Waals surface area contributed by atoms with Crippen LogP contribution < -0.4 is 10.6 Å². The summed E-state index contributed by atoms with van der Waals surface area (Å²) in [5.41, 5.74) is 16.4. The summed E-state index contributed by atoms with van der Waals surface area (Å²) in [6, 6.07) is 54.7. The van der Waals surface area contributed by atoms with Crippen LogP contribution in [0.5, 0.6) is 0 Å². The van der Waals surface area contributed by atoms with Crippen LogP contribution >= 0.6 is 11.3 Å². The van der Waals surface area contributed by atoms with Gasteiger partial charge in [-0.1, -0.05) is 109 Å². The van der Waals surface area contributed by atoms with E-state index in [9.17, 15) is 0 Å². The smallest absolute Gasteiger partial charge is 0.0476 e. The Hall–Kier alpha value is -5.64. The number of rotatable bonds is 6. The van der Waals surface area contributed by atoms with Crippen molar-refractivity contribution in [2.75, 3.05) is 10.6 Å². The van der Waals surface area contributed by atoms with Gasteiger partial charge in [0.1, 0.15) is 0 Å². The van der Waals surface area contributed by atoms with Crippen molar-refractivity contribution < 1.29 is 0 Å². The van der Waals surface area contributed by atoms with Gasteiger partial charge in [0.2, 0.25) is 0 Å². The van der Waals surface area contributed by atoms with E-state index in [-0.39, 0.29) is 0 Å². The predicted molar refractivity (Wildman–Crippen MR) is 202 cm³/mol. The topological polar surface area (TPSA) is 29.3 Å². The van der Waals surface area contributed by atoms with E-state index in [1.165, 1.54) is 53.2 Å². The summed E-state index contributed by atoms with van der Waals surface area (Å²) in [4.78, 5) is 2.35. The molecule has 220 valence electrons. The first-order valence-electron chi connectivity index (χ1n) is 15.6. The second-order valence-electron chi connectivity index (χ2n) is 11.6. The number of hydrogen-bond acceptors (Lipinski definition) is 3. The van der Waals surface area contributed by atoms with E-state index < -0.39 is 0 Å². The molecule has 0 radical (unpaired) electrons. The van der Waals surface area contributed by atoms with Crippen molar-refractivity contribution in [3.63, 3.8) is 0 Å². The number of anilines is 4. The summed E-state index contributed by atoms with van der Waals surface area (Å²) in [5, 5.41) is 5.00. The summed E-state index contributed by atoms with van der Waals surface area (Å²) in [6.07, 6.45) is 4.12. The SMILES string of the molecule is C/C=C\c1cc2c(cc1N)sc1cc(N(c3ccc(-c4ccccc4)cc3)c3ccc(-c4ccc5ccccc5c4)cc3)ccc12. The number of benzene rings is 7. The zero-order valence-corrected chi connectivity index (χ0v) is 26.3. The molecule has 0 amide bonds. The van der Waals surface area contributed by atoms with Gasteiger partial charge in [-0.05, 0) is 100 Å². The molecule has 0 aliphatic rings. The minimum absolute atomic E-state index is 0.809. The van der Waals surface area contributed by atoms with Crippen molar-refractivity contribution in [1.29, 1.82) is 0 Å². The minimum Gasteiger partial charge on any atom is -0.398 e. The molecule has 0 spiro atoms. The maximum Gasteiger partial charge on any atom is 0.0476 e. The van der Waals surface area contributed by atoms with Crippen molar-refractivity contribution in [2.45, 2.75) is 6.92 Å². The Morgan fingerprint density at radius 1 is 0.500 bits per heavy atom. The predicted octanol–water partition coefficient (Wildman–Crippen LogP) is 12.6. The number of fused-ring (bicyclic) bond motifs is 4. The largest absolute Gasteiger partial charge is 0.398 e. The van der Waals surface area contributed by atoms with Gasteiger partial charge in [0.15, 0.2) is 0 Å². The van der Waals surface area contributed by atoms with Gasteiger partial charge >= 0.3 is 0 Å². The van der Waals surface area contributed by atoms with Gasteiger partial charge in [0.05, 0.1) is 0 Å². The Balaban J connectivity index is 1.23. The van der Waals surface area contributed by atoms with E-state index >= 15 is 0 Å². The molecule has 2 nitrogen and oxygen atoms in total. The average molecular weight is 609 g/mol. The second-order valence-corrected chi connectivity index (χ2v) is 12.7. The van der Waals surface area contributed by atoms with Crippen molar-refractivity contribution in [3.05, 3.63) is 163 Å². The van der Waals surface area contributed by atoms with Crippen LogP contribution in [0.3, 0.4) is 0 Å². The quantitative estimate of drug-likeness (QED) is 0.190. The van der Waals surface area contributed by atoms with Crippen LogP contribution in [0.2, 0.25) is 0 Å². The normalized spacial score (nSPS) is 11.6. The Kier molecular flexibility index (Phi) is 7.09. The van der Waals surface area contributed by atoms with Crippen LogP contribution in [0, 0.1) is 0 Å². The number of hydrogen-bond donors (Lipinski definition) is 1. The Bertz CT molecular complexity index is 2370. The highest BCUT2D eigenvalue weighted by molar-refractivity contribution is 7.25. The molecule has 2 N–H and O–H groups in total. The van der Waals surface area contributed by atoms with Gasteiger partial charge in [-0.25, -0.2) is 0 Å². The molecule has 0 saturated heterocycles. The third-order valence-corrected chi connectivity index (χ3v) is 9.82. The molecule has 46 heavy (non-hydrogen) atoms. The standard InChI is InChI=1S/C43H32N2S/c1-2-8-35-26-40-39-24-23-38(27-42(39)46-43(40)28-41(35)44)45(36-19-15-31(16-20-36)29-9-4-3-5-10-29)37-21-17-32(18-22-37)34-14-13-30-11-6-7-12-33(30)25-34/h2-28H,44H2,1H3/b8-2-. The molecule has 0 atom stereocenters. The van der Waals surface area contributed by atoms with Crippen molar-refractivity contribution in [3.8, 4) is 22.3 Å². The van der Waals surface area contributed by atoms with Crippen LogP contribution in [0.25, 0.3) is 59.3 Å². The lowest BCUT2D eigenvalue weighted by atomic mass is 10.0.